The standard InChI is InChI=1S/C23H26N4O2/c1-14-21(24-19-6-4-3-5-18(19)22(14)28)23-25-20-12-9-16(13-27(20)26-23)15-7-10-17(29-2)11-8-15/h7-8,10-11,16H,3-6,9,12-13H2,1-2H3,(H,24,28). The molecule has 1 aliphatic heterocycles. The van der Waals surface area contributed by atoms with Crippen LogP contribution in [0.5, 0.6) is 5.75 Å². The maximum Gasteiger partial charge on any atom is 0.198 e. The zero-order valence-electron chi connectivity index (χ0n) is 17.0. The van der Waals surface area contributed by atoms with Crippen molar-refractivity contribution in [2.24, 2.45) is 0 Å². The molecule has 2 aliphatic rings. The first-order valence-corrected chi connectivity index (χ1v) is 10.5. The van der Waals surface area contributed by atoms with Gasteiger partial charge in [0.1, 0.15) is 11.6 Å². The fourth-order valence-electron chi connectivity index (χ4n) is 4.66. The quantitative estimate of drug-likeness (QED) is 0.742. The van der Waals surface area contributed by atoms with Crippen molar-refractivity contribution in [3.05, 3.63) is 62.7 Å². The van der Waals surface area contributed by atoms with E-state index in [-0.39, 0.29) is 5.43 Å². The second-order valence-corrected chi connectivity index (χ2v) is 8.16. The lowest BCUT2D eigenvalue weighted by Crippen LogP contribution is -2.21. The van der Waals surface area contributed by atoms with Crippen LogP contribution in [0.4, 0.5) is 0 Å². The van der Waals surface area contributed by atoms with E-state index in [2.05, 4.69) is 17.1 Å². The zero-order valence-corrected chi connectivity index (χ0v) is 17.0. The fourth-order valence-corrected chi connectivity index (χ4v) is 4.66. The van der Waals surface area contributed by atoms with Gasteiger partial charge in [0.25, 0.3) is 0 Å². The average molecular weight is 390 g/mol. The summed E-state index contributed by atoms with van der Waals surface area (Å²) in [6.45, 7) is 2.70. The van der Waals surface area contributed by atoms with Gasteiger partial charge >= 0.3 is 0 Å². The summed E-state index contributed by atoms with van der Waals surface area (Å²) in [5.41, 5.74) is 5.02. The van der Waals surface area contributed by atoms with Crippen LogP contribution < -0.4 is 10.2 Å². The van der Waals surface area contributed by atoms with E-state index < -0.39 is 0 Å². The number of aryl methyl sites for hydroxylation is 2. The van der Waals surface area contributed by atoms with Crippen LogP contribution in [0.3, 0.4) is 0 Å². The summed E-state index contributed by atoms with van der Waals surface area (Å²) in [4.78, 5) is 21.1. The van der Waals surface area contributed by atoms with Gasteiger partial charge in [-0.25, -0.2) is 9.67 Å². The van der Waals surface area contributed by atoms with E-state index in [0.717, 1.165) is 79.2 Å². The van der Waals surface area contributed by atoms with Crippen molar-refractivity contribution < 1.29 is 4.74 Å². The lowest BCUT2D eigenvalue weighted by atomic mass is 9.92. The van der Waals surface area contributed by atoms with E-state index >= 15 is 0 Å². The number of fused-ring (bicyclic) bond motifs is 2. The van der Waals surface area contributed by atoms with Gasteiger partial charge in [-0.1, -0.05) is 12.1 Å². The number of aromatic nitrogens is 4. The predicted octanol–water partition coefficient (Wildman–Crippen LogP) is 3.56. The molecule has 0 saturated carbocycles. The molecule has 1 aliphatic carbocycles. The summed E-state index contributed by atoms with van der Waals surface area (Å²) in [5.74, 6) is 2.94. The SMILES string of the molecule is COc1ccc(C2CCc3nc(-c4[nH]c5c(c(=O)c4C)CCCC5)nn3C2)cc1. The fraction of sp³-hybridized carbons (Fsp3) is 0.435. The number of nitrogens with zero attached hydrogens (tertiary/aromatic N) is 3. The van der Waals surface area contributed by atoms with E-state index in [4.69, 9.17) is 14.8 Å². The van der Waals surface area contributed by atoms with Gasteiger partial charge in [0, 0.05) is 35.7 Å². The third-order valence-corrected chi connectivity index (χ3v) is 6.40. The molecule has 1 N–H and O–H groups in total. The molecule has 0 radical (unpaired) electrons. The number of ether oxygens (including phenoxy) is 1. The number of aromatic amines is 1. The Morgan fingerprint density at radius 2 is 1.93 bits per heavy atom. The van der Waals surface area contributed by atoms with Crippen LogP contribution in [-0.2, 0) is 25.8 Å². The molecule has 0 bridgehead atoms. The molecular formula is C23H26N4O2. The number of hydrogen-bond donors (Lipinski definition) is 1. The number of rotatable bonds is 3. The van der Waals surface area contributed by atoms with Crippen molar-refractivity contribution in [1.29, 1.82) is 0 Å². The van der Waals surface area contributed by atoms with Crippen molar-refractivity contribution in [2.75, 3.05) is 7.11 Å². The normalized spacial score (nSPS) is 18.2. The minimum absolute atomic E-state index is 0.164. The minimum atomic E-state index is 0.164. The lowest BCUT2D eigenvalue weighted by Gasteiger charge is -2.22. The maximum absolute atomic E-state index is 12.8. The topological polar surface area (TPSA) is 72.8 Å². The minimum Gasteiger partial charge on any atom is -0.497 e. The van der Waals surface area contributed by atoms with Gasteiger partial charge in [0.05, 0.1) is 12.8 Å². The summed E-state index contributed by atoms with van der Waals surface area (Å²) >= 11 is 0. The Morgan fingerprint density at radius 3 is 2.72 bits per heavy atom. The van der Waals surface area contributed by atoms with Crippen molar-refractivity contribution in [3.63, 3.8) is 0 Å². The van der Waals surface area contributed by atoms with Crippen molar-refractivity contribution in [3.8, 4) is 17.3 Å². The lowest BCUT2D eigenvalue weighted by molar-refractivity contribution is 0.411. The predicted molar refractivity (Wildman–Crippen MR) is 112 cm³/mol. The van der Waals surface area contributed by atoms with Crippen molar-refractivity contribution in [2.45, 2.75) is 57.9 Å². The summed E-state index contributed by atoms with van der Waals surface area (Å²) in [6.07, 6.45) is 5.97. The van der Waals surface area contributed by atoms with Gasteiger partial charge in [-0.2, -0.15) is 0 Å². The largest absolute Gasteiger partial charge is 0.497 e. The van der Waals surface area contributed by atoms with Crippen molar-refractivity contribution in [1.82, 2.24) is 19.7 Å². The van der Waals surface area contributed by atoms with Gasteiger partial charge in [0.2, 0.25) is 0 Å². The van der Waals surface area contributed by atoms with Gasteiger partial charge in [-0.15, -0.1) is 5.10 Å². The summed E-state index contributed by atoms with van der Waals surface area (Å²) in [5, 5.41) is 4.79. The number of nitrogens with one attached hydrogen (secondary N) is 1. The monoisotopic (exact) mass is 390 g/mol. The van der Waals surface area contributed by atoms with E-state index in [1.165, 1.54) is 5.56 Å². The number of hydrogen-bond acceptors (Lipinski definition) is 4. The van der Waals surface area contributed by atoms with Crippen LogP contribution in [0.1, 0.15) is 53.4 Å². The molecule has 3 aromatic rings. The first-order chi connectivity index (χ1) is 14.1. The molecule has 5 rings (SSSR count). The molecule has 150 valence electrons. The van der Waals surface area contributed by atoms with Gasteiger partial charge in [0.15, 0.2) is 11.3 Å². The van der Waals surface area contributed by atoms with Crippen LogP contribution in [-0.4, -0.2) is 26.9 Å². The number of methoxy groups -OCH3 is 1. The summed E-state index contributed by atoms with van der Waals surface area (Å²) in [6, 6.07) is 8.30. The van der Waals surface area contributed by atoms with Gasteiger partial charge in [-0.05, 0) is 56.7 Å². The number of H-pyrrole nitrogens is 1. The molecule has 1 unspecified atom stereocenters. The molecule has 6 nitrogen and oxygen atoms in total. The van der Waals surface area contributed by atoms with Crippen LogP contribution >= 0.6 is 0 Å². The smallest absolute Gasteiger partial charge is 0.198 e. The Kier molecular flexibility index (Phi) is 4.49. The first-order valence-electron chi connectivity index (χ1n) is 10.5. The molecule has 29 heavy (non-hydrogen) atoms. The molecular weight excluding hydrogens is 364 g/mol. The highest BCUT2D eigenvalue weighted by Gasteiger charge is 2.25. The van der Waals surface area contributed by atoms with Crippen LogP contribution in [0, 0.1) is 6.92 Å². The van der Waals surface area contributed by atoms with Crippen LogP contribution in [0.25, 0.3) is 11.5 Å². The molecule has 6 heteroatoms. The molecule has 3 heterocycles. The second kappa shape index (κ2) is 7.17. The highest BCUT2D eigenvalue weighted by atomic mass is 16.5. The summed E-state index contributed by atoms with van der Waals surface area (Å²) in [7, 11) is 1.69. The molecule has 2 aromatic heterocycles. The molecule has 0 saturated heterocycles. The Labute approximate surface area is 170 Å². The first kappa shape index (κ1) is 18.2. The van der Waals surface area contributed by atoms with E-state index in [1.54, 1.807) is 7.11 Å². The number of benzene rings is 1. The Morgan fingerprint density at radius 1 is 1.14 bits per heavy atom. The zero-order chi connectivity index (χ0) is 20.0. The van der Waals surface area contributed by atoms with E-state index in [1.807, 2.05) is 23.7 Å². The molecule has 1 aromatic carbocycles. The van der Waals surface area contributed by atoms with Crippen LogP contribution in [0.15, 0.2) is 29.1 Å². The van der Waals surface area contributed by atoms with E-state index in [0.29, 0.717) is 11.7 Å². The average Bonchev–Trinajstić information content (AvgIpc) is 3.19. The second-order valence-electron chi connectivity index (χ2n) is 8.16. The molecule has 0 fully saturated rings. The Hall–Kier alpha value is -2.89. The third kappa shape index (κ3) is 3.16. The molecule has 1 atom stereocenters. The molecule has 0 spiro atoms. The Balaban J connectivity index is 1.46. The van der Waals surface area contributed by atoms with Crippen LogP contribution in [0.2, 0.25) is 0 Å². The highest BCUT2D eigenvalue weighted by molar-refractivity contribution is 5.56. The van der Waals surface area contributed by atoms with Crippen molar-refractivity contribution >= 4 is 0 Å². The summed E-state index contributed by atoms with van der Waals surface area (Å²) < 4.78 is 7.29. The highest BCUT2D eigenvalue weighted by Crippen LogP contribution is 2.31. The molecule has 0 amide bonds. The number of pyridine rings is 1. The van der Waals surface area contributed by atoms with Gasteiger partial charge < -0.3 is 9.72 Å². The Bertz CT molecular complexity index is 1110. The van der Waals surface area contributed by atoms with E-state index in [9.17, 15) is 4.79 Å². The third-order valence-electron chi connectivity index (χ3n) is 6.40. The van der Waals surface area contributed by atoms with Gasteiger partial charge in [-0.3, -0.25) is 4.79 Å². The maximum atomic E-state index is 12.8.